The lowest BCUT2D eigenvalue weighted by Gasteiger charge is -2.27. The Hall–Kier alpha value is -1.02. The predicted octanol–water partition coefficient (Wildman–Crippen LogP) is 3.36. The molecule has 1 atom stereocenters. The summed E-state index contributed by atoms with van der Waals surface area (Å²) in [5.41, 5.74) is 9.88. The van der Waals surface area contributed by atoms with Crippen molar-refractivity contribution in [3.8, 4) is 5.75 Å². The smallest absolute Gasteiger partial charge is 0.122 e. The lowest BCUT2D eigenvalue weighted by atomic mass is 9.88. The third kappa shape index (κ3) is 3.74. The third-order valence-corrected chi connectivity index (χ3v) is 3.29. The van der Waals surface area contributed by atoms with Gasteiger partial charge in [0, 0.05) is 6.04 Å². The molecular weight excluding hydrogens is 210 g/mol. The Labute approximate surface area is 105 Å². The van der Waals surface area contributed by atoms with Crippen LogP contribution in [0.4, 0.5) is 0 Å². The van der Waals surface area contributed by atoms with Crippen LogP contribution in [0.1, 0.15) is 37.5 Å². The molecule has 96 valence electrons. The molecule has 2 nitrogen and oxygen atoms in total. The molecule has 1 aromatic carbocycles. The molecular formula is C15H25NO. The minimum atomic E-state index is 0.0442. The van der Waals surface area contributed by atoms with Gasteiger partial charge in [-0.05, 0) is 48.9 Å². The van der Waals surface area contributed by atoms with Crippen molar-refractivity contribution in [3.05, 3.63) is 28.8 Å². The fourth-order valence-corrected chi connectivity index (χ4v) is 1.58. The van der Waals surface area contributed by atoms with Gasteiger partial charge in [-0.25, -0.2) is 0 Å². The molecule has 0 bridgehead atoms. The summed E-state index contributed by atoms with van der Waals surface area (Å²) >= 11 is 0. The second-order valence-electron chi connectivity index (χ2n) is 5.99. The second-order valence-corrected chi connectivity index (χ2v) is 5.99. The van der Waals surface area contributed by atoms with E-state index in [1.165, 1.54) is 16.7 Å². The molecule has 0 saturated carbocycles. The number of nitrogens with two attached hydrogens (primary N) is 1. The summed E-state index contributed by atoms with van der Waals surface area (Å²) in [6.07, 6.45) is 0. The fourth-order valence-electron chi connectivity index (χ4n) is 1.58. The first-order valence-electron chi connectivity index (χ1n) is 6.18. The number of ether oxygens (including phenoxy) is 1. The van der Waals surface area contributed by atoms with Gasteiger partial charge in [0.2, 0.25) is 0 Å². The van der Waals surface area contributed by atoms with Crippen LogP contribution in [-0.2, 0) is 0 Å². The van der Waals surface area contributed by atoms with Crippen LogP contribution in [0.3, 0.4) is 0 Å². The molecule has 1 rings (SSSR count). The minimum absolute atomic E-state index is 0.0442. The monoisotopic (exact) mass is 235 g/mol. The van der Waals surface area contributed by atoms with Gasteiger partial charge in [0.15, 0.2) is 0 Å². The first-order chi connectivity index (χ1) is 7.71. The molecule has 0 spiro atoms. The van der Waals surface area contributed by atoms with Crippen molar-refractivity contribution in [1.29, 1.82) is 0 Å². The van der Waals surface area contributed by atoms with E-state index in [1.807, 2.05) is 0 Å². The van der Waals surface area contributed by atoms with Crippen LogP contribution in [0.25, 0.3) is 0 Å². The largest absolute Gasteiger partial charge is 0.492 e. The van der Waals surface area contributed by atoms with Gasteiger partial charge in [0.05, 0.1) is 0 Å². The predicted molar refractivity (Wildman–Crippen MR) is 73.6 cm³/mol. The third-order valence-electron chi connectivity index (χ3n) is 3.29. The van der Waals surface area contributed by atoms with Gasteiger partial charge >= 0.3 is 0 Å². The molecule has 0 heterocycles. The number of hydrogen-bond donors (Lipinski definition) is 1. The van der Waals surface area contributed by atoms with Gasteiger partial charge in [-0.3, -0.25) is 0 Å². The number of hydrogen-bond acceptors (Lipinski definition) is 2. The van der Waals surface area contributed by atoms with Crippen molar-refractivity contribution in [3.63, 3.8) is 0 Å². The Morgan fingerprint density at radius 3 is 2.29 bits per heavy atom. The normalized spacial score (nSPS) is 13.6. The van der Waals surface area contributed by atoms with Gasteiger partial charge < -0.3 is 10.5 Å². The Bertz CT molecular complexity index is 391. The molecule has 0 fully saturated rings. The summed E-state index contributed by atoms with van der Waals surface area (Å²) in [5.74, 6) is 0.960. The molecule has 0 amide bonds. The highest BCUT2D eigenvalue weighted by molar-refractivity contribution is 5.41. The van der Waals surface area contributed by atoms with Crippen molar-refractivity contribution in [1.82, 2.24) is 0 Å². The average molecular weight is 235 g/mol. The zero-order chi connectivity index (χ0) is 13.2. The lowest BCUT2D eigenvalue weighted by molar-refractivity contribution is 0.204. The van der Waals surface area contributed by atoms with Crippen LogP contribution >= 0.6 is 0 Å². The molecule has 2 heteroatoms. The molecule has 0 radical (unpaired) electrons. The van der Waals surface area contributed by atoms with E-state index < -0.39 is 0 Å². The molecule has 0 aliphatic carbocycles. The Morgan fingerprint density at radius 2 is 1.76 bits per heavy atom. The van der Waals surface area contributed by atoms with E-state index in [1.54, 1.807) is 0 Å². The first-order valence-corrected chi connectivity index (χ1v) is 6.18. The summed E-state index contributed by atoms with van der Waals surface area (Å²) in [7, 11) is 0. The van der Waals surface area contributed by atoms with Crippen molar-refractivity contribution < 1.29 is 4.74 Å². The molecule has 2 N–H and O–H groups in total. The van der Waals surface area contributed by atoms with E-state index in [0.717, 1.165) is 5.75 Å². The maximum absolute atomic E-state index is 6.10. The second kappa shape index (κ2) is 5.09. The highest BCUT2D eigenvalue weighted by Gasteiger charge is 2.21. The number of rotatable bonds is 3. The van der Waals surface area contributed by atoms with Crippen LogP contribution in [0.5, 0.6) is 5.75 Å². The topological polar surface area (TPSA) is 35.2 Å². The van der Waals surface area contributed by atoms with Crippen LogP contribution in [0.15, 0.2) is 12.1 Å². The Morgan fingerprint density at radius 1 is 1.18 bits per heavy atom. The van der Waals surface area contributed by atoms with E-state index in [2.05, 4.69) is 53.7 Å². The van der Waals surface area contributed by atoms with E-state index in [0.29, 0.717) is 6.61 Å². The average Bonchev–Trinajstić information content (AvgIpc) is 2.19. The van der Waals surface area contributed by atoms with E-state index in [-0.39, 0.29) is 11.5 Å². The van der Waals surface area contributed by atoms with Crippen molar-refractivity contribution in [2.75, 3.05) is 6.61 Å². The Balaban J connectivity index is 2.76. The molecule has 0 aliphatic heterocycles. The van der Waals surface area contributed by atoms with Gasteiger partial charge in [-0.15, -0.1) is 0 Å². The van der Waals surface area contributed by atoms with Crippen LogP contribution in [-0.4, -0.2) is 12.6 Å². The lowest BCUT2D eigenvalue weighted by Crippen LogP contribution is -2.40. The van der Waals surface area contributed by atoms with Crippen molar-refractivity contribution in [2.24, 2.45) is 11.1 Å². The molecule has 17 heavy (non-hydrogen) atoms. The van der Waals surface area contributed by atoms with Crippen LogP contribution in [0, 0.1) is 26.2 Å². The minimum Gasteiger partial charge on any atom is -0.492 e. The highest BCUT2D eigenvalue weighted by Crippen LogP contribution is 2.25. The zero-order valence-electron chi connectivity index (χ0n) is 11.9. The van der Waals surface area contributed by atoms with Crippen molar-refractivity contribution >= 4 is 0 Å². The highest BCUT2D eigenvalue weighted by atomic mass is 16.5. The van der Waals surface area contributed by atoms with Gasteiger partial charge in [-0.2, -0.15) is 0 Å². The van der Waals surface area contributed by atoms with Crippen LogP contribution < -0.4 is 10.5 Å². The maximum Gasteiger partial charge on any atom is 0.122 e. The van der Waals surface area contributed by atoms with E-state index in [9.17, 15) is 0 Å². The maximum atomic E-state index is 6.10. The van der Waals surface area contributed by atoms with Gasteiger partial charge in [0.25, 0.3) is 0 Å². The quantitative estimate of drug-likeness (QED) is 0.872. The summed E-state index contributed by atoms with van der Waals surface area (Å²) in [6, 6.07) is 4.30. The summed E-state index contributed by atoms with van der Waals surface area (Å²) < 4.78 is 5.86. The van der Waals surface area contributed by atoms with Crippen LogP contribution in [0.2, 0.25) is 0 Å². The first kappa shape index (κ1) is 14.0. The Kier molecular flexibility index (Phi) is 4.21. The fraction of sp³-hybridized carbons (Fsp3) is 0.600. The molecule has 0 saturated heterocycles. The standard InChI is InChI=1S/C15H25NO/c1-10-7-11(2)12(3)13(8-10)17-9-14(16)15(4,5)6/h7-8,14H,9,16H2,1-6H3. The summed E-state index contributed by atoms with van der Waals surface area (Å²) in [4.78, 5) is 0. The van der Waals surface area contributed by atoms with E-state index in [4.69, 9.17) is 10.5 Å². The molecule has 0 aliphatic rings. The summed E-state index contributed by atoms with van der Waals surface area (Å²) in [5, 5.41) is 0. The number of aryl methyl sites for hydroxylation is 2. The van der Waals surface area contributed by atoms with Crippen molar-refractivity contribution in [2.45, 2.75) is 47.6 Å². The number of benzene rings is 1. The van der Waals surface area contributed by atoms with E-state index >= 15 is 0 Å². The molecule has 1 aromatic rings. The van der Waals surface area contributed by atoms with Gasteiger partial charge in [0.1, 0.15) is 12.4 Å². The summed E-state index contributed by atoms with van der Waals surface area (Å²) in [6.45, 7) is 13.3. The molecule has 0 aromatic heterocycles. The van der Waals surface area contributed by atoms with Gasteiger partial charge in [-0.1, -0.05) is 26.8 Å². The molecule has 1 unspecified atom stereocenters. The zero-order valence-corrected chi connectivity index (χ0v) is 11.9. The SMILES string of the molecule is Cc1cc(C)c(C)c(OCC(N)C(C)(C)C)c1.